The average molecular weight is 361 g/mol. The van der Waals surface area contributed by atoms with Gasteiger partial charge in [-0.15, -0.1) is 0 Å². The topological polar surface area (TPSA) is 113 Å². The number of ketones is 1. The van der Waals surface area contributed by atoms with Crippen molar-refractivity contribution in [3.05, 3.63) is 61.8 Å². The lowest BCUT2D eigenvalue weighted by Gasteiger charge is -2.09. The van der Waals surface area contributed by atoms with E-state index in [0.717, 1.165) is 28.6 Å². The number of nitrogens with zero attached hydrogens (tertiary/aromatic N) is 3. The van der Waals surface area contributed by atoms with Crippen LogP contribution < -0.4 is 5.56 Å². The van der Waals surface area contributed by atoms with Crippen LogP contribution in [0.5, 0.6) is 0 Å². The third-order valence-electron chi connectivity index (χ3n) is 4.13. The Hall–Kier alpha value is -3.23. The summed E-state index contributed by atoms with van der Waals surface area (Å²) < 4.78 is 7.45. The molecule has 0 atom stereocenters. The molecule has 0 N–H and O–H groups in total. The van der Waals surface area contributed by atoms with Gasteiger partial charge in [0, 0.05) is 35.6 Å². The van der Waals surface area contributed by atoms with Crippen LogP contribution in [0.4, 0.5) is 5.69 Å². The van der Waals surface area contributed by atoms with Gasteiger partial charge in [-0.05, 0) is 19.9 Å². The number of aryl methyl sites for hydroxylation is 1. The molecule has 26 heavy (non-hydrogen) atoms. The highest BCUT2D eigenvalue weighted by Gasteiger charge is 2.18. The third-order valence-corrected chi connectivity index (χ3v) is 4.13. The van der Waals surface area contributed by atoms with E-state index in [1.807, 2.05) is 4.57 Å². The molecule has 0 aliphatic rings. The number of carbonyl (C=O) groups excluding carboxylic acids is 2. The first-order chi connectivity index (χ1) is 12.2. The number of hydrogen-bond acceptors (Lipinski definition) is 6. The quantitative estimate of drug-likeness (QED) is 0.320. The van der Waals surface area contributed by atoms with Gasteiger partial charge in [0.1, 0.15) is 0 Å². The van der Waals surface area contributed by atoms with E-state index >= 15 is 0 Å². The van der Waals surface area contributed by atoms with Crippen molar-refractivity contribution >= 4 is 17.4 Å². The number of hydrogen-bond donors (Lipinski definition) is 0. The SMILES string of the molecule is COC(=O)CCn1c(C)cc(C(=O)Cn2cc([N+](=O)[O-])ccc2=O)c1C. The number of Topliss-reactive ketones (excluding diaryl/α,β-unsaturated/α-hetero) is 1. The molecule has 2 aromatic heterocycles. The van der Waals surface area contributed by atoms with Crippen LogP contribution in [0.2, 0.25) is 0 Å². The van der Waals surface area contributed by atoms with Crippen LogP contribution in [0.3, 0.4) is 0 Å². The Kier molecular flexibility index (Phi) is 5.71. The van der Waals surface area contributed by atoms with Crippen molar-refractivity contribution in [2.75, 3.05) is 7.11 Å². The van der Waals surface area contributed by atoms with E-state index < -0.39 is 10.5 Å². The Morgan fingerprint density at radius 3 is 2.58 bits per heavy atom. The van der Waals surface area contributed by atoms with Gasteiger partial charge < -0.3 is 13.9 Å². The van der Waals surface area contributed by atoms with Gasteiger partial charge in [-0.3, -0.25) is 24.5 Å². The summed E-state index contributed by atoms with van der Waals surface area (Å²) in [5.41, 5.74) is 1.10. The molecule has 9 heteroatoms. The molecule has 2 aromatic rings. The Morgan fingerprint density at radius 1 is 1.27 bits per heavy atom. The summed E-state index contributed by atoms with van der Waals surface area (Å²) >= 11 is 0. The average Bonchev–Trinajstić information content (AvgIpc) is 2.88. The predicted molar refractivity (Wildman–Crippen MR) is 92.2 cm³/mol. The van der Waals surface area contributed by atoms with Gasteiger partial charge in [0.05, 0.1) is 31.2 Å². The van der Waals surface area contributed by atoms with Crippen LogP contribution >= 0.6 is 0 Å². The molecule has 0 amide bonds. The standard InChI is InChI=1S/C17H19N3O6/c1-11-8-14(12(2)19(11)7-6-17(23)26-3)15(21)10-18-9-13(20(24)25)4-5-16(18)22/h4-5,8-9H,6-7,10H2,1-3H3. The molecule has 0 spiro atoms. The second kappa shape index (κ2) is 7.77. The van der Waals surface area contributed by atoms with E-state index in [0.29, 0.717) is 17.8 Å². The molecule has 2 heterocycles. The number of esters is 1. The lowest BCUT2D eigenvalue weighted by Crippen LogP contribution is -2.23. The summed E-state index contributed by atoms with van der Waals surface area (Å²) in [6.45, 7) is 3.62. The van der Waals surface area contributed by atoms with Gasteiger partial charge in [-0.1, -0.05) is 0 Å². The number of carbonyl (C=O) groups is 2. The van der Waals surface area contributed by atoms with E-state index in [1.165, 1.54) is 7.11 Å². The first-order valence-corrected chi connectivity index (χ1v) is 7.86. The van der Waals surface area contributed by atoms with Crippen LogP contribution in [-0.2, 0) is 22.6 Å². The zero-order valence-corrected chi connectivity index (χ0v) is 14.7. The minimum Gasteiger partial charge on any atom is -0.469 e. The normalized spacial score (nSPS) is 10.6. The van der Waals surface area contributed by atoms with Crippen LogP contribution in [0.1, 0.15) is 28.2 Å². The molecule has 0 radical (unpaired) electrons. The summed E-state index contributed by atoms with van der Waals surface area (Å²) in [4.78, 5) is 46.0. The Morgan fingerprint density at radius 2 is 1.96 bits per heavy atom. The van der Waals surface area contributed by atoms with Gasteiger partial charge in [-0.2, -0.15) is 0 Å². The van der Waals surface area contributed by atoms with Crippen LogP contribution in [0.25, 0.3) is 0 Å². The summed E-state index contributed by atoms with van der Waals surface area (Å²) in [5, 5.41) is 10.8. The van der Waals surface area contributed by atoms with Crippen molar-refractivity contribution in [3.8, 4) is 0 Å². The highest BCUT2D eigenvalue weighted by molar-refractivity contribution is 5.97. The van der Waals surface area contributed by atoms with Gasteiger partial charge in [0.15, 0.2) is 5.78 Å². The molecule has 0 aromatic carbocycles. The molecular formula is C17H19N3O6. The van der Waals surface area contributed by atoms with Crippen LogP contribution in [-0.4, -0.2) is 32.9 Å². The molecule has 2 rings (SSSR count). The summed E-state index contributed by atoms with van der Waals surface area (Å²) in [6.07, 6.45) is 1.22. The summed E-state index contributed by atoms with van der Waals surface area (Å²) in [5.74, 6) is -0.696. The van der Waals surface area contributed by atoms with Crippen molar-refractivity contribution in [1.29, 1.82) is 0 Å². The largest absolute Gasteiger partial charge is 0.469 e. The Labute approximate surface area is 149 Å². The van der Waals surface area contributed by atoms with Crippen molar-refractivity contribution < 1.29 is 19.2 Å². The lowest BCUT2D eigenvalue weighted by molar-refractivity contribution is -0.385. The van der Waals surface area contributed by atoms with E-state index in [-0.39, 0.29) is 30.4 Å². The minimum absolute atomic E-state index is 0.171. The minimum atomic E-state index is -0.626. The number of aromatic nitrogens is 2. The number of methoxy groups -OCH3 is 1. The molecule has 0 saturated heterocycles. The molecule has 0 fully saturated rings. The van der Waals surface area contributed by atoms with Crippen molar-refractivity contribution in [3.63, 3.8) is 0 Å². The monoisotopic (exact) mass is 361 g/mol. The number of nitro groups is 1. The zero-order chi connectivity index (χ0) is 19.4. The fraction of sp³-hybridized carbons (Fsp3) is 0.353. The van der Waals surface area contributed by atoms with E-state index in [4.69, 9.17) is 0 Å². The van der Waals surface area contributed by atoms with Crippen molar-refractivity contribution in [2.45, 2.75) is 33.4 Å². The fourth-order valence-electron chi connectivity index (χ4n) is 2.72. The number of rotatable bonds is 7. The van der Waals surface area contributed by atoms with Crippen LogP contribution in [0, 0.1) is 24.0 Å². The maximum absolute atomic E-state index is 12.6. The van der Waals surface area contributed by atoms with Crippen molar-refractivity contribution in [2.24, 2.45) is 0 Å². The number of pyridine rings is 1. The highest BCUT2D eigenvalue weighted by atomic mass is 16.6. The van der Waals surface area contributed by atoms with E-state index in [1.54, 1.807) is 19.9 Å². The molecule has 9 nitrogen and oxygen atoms in total. The zero-order valence-electron chi connectivity index (χ0n) is 14.7. The second-order valence-corrected chi connectivity index (χ2v) is 5.80. The van der Waals surface area contributed by atoms with Crippen molar-refractivity contribution in [1.82, 2.24) is 9.13 Å². The Balaban J connectivity index is 2.26. The Bertz CT molecular complexity index is 925. The first-order valence-electron chi connectivity index (χ1n) is 7.86. The molecule has 0 aliphatic heterocycles. The maximum atomic E-state index is 12.6. The molecular weight excluding hydrogens is 342 g/mol. The fourth-order valence-corrected chi connectivity index (χ4v) is 2.72. The molecule has 0 saturated carbocycles. The molecule has 0 unspecified atom stereocenters. The smallest absolute Gasteiger partial charge is 0.307 e. The summed E-state index contributed by atoms with van der Waals surface area (Å²) in [6, 6.07) is 3.84. The van der Waals surface area contributed by atoms with Gasteiger partial charge >= 0.3 is 5.97 Å². The van der Waals surface area contributed by atoms with Gasteiger partial charge in [0.25, 0.3) is 11.2 Å². The second-order valence-electron chi connectivity index (χ2n) is 5.80. The van der Waals surface area contributed by atoms with E-state index in [2.05, 4.69) is 4.74 Å². The lowest BCUT2D eigenvalue weighted by atomic mass is 10.1. The maximum Gasteiger partial charge on any atom is 0.307 e. The predicted octanol–water partition coefficient (Wildman–Crippen LogP) is 1.62. The molecule has 0 bridgehead atoms. The molecule has 138 valence electrons. The third kappa shape index (κ3) is 4.05. The highest BCUT2D eigenvalue weighted by Crippen LogP contribution is 2.17. The number of ether oxygens (including phenoxy) is 1. The summed E-state index contributed by atoms with van der Waals surface area (Å²) in [7, 11) is 1.31. The van der Waals surface area contributed by atoms with Gasteiger partial charge in [0.2, 0.25) is 0 Å². The van der Waals surface area contributed by atoms with Gasteiger partial charge in [-0.25, -0.2) is 0 Å². The first kappa shape index (κ1) is 19.1. The van der Waals surface area contributed by atoms with Crippen LogP contribution in [0.15, 0.2) is 29.2 Å². The molecule has 0 aliphatic carbocycles. The van der Waals surface area contributed by atoms with E-state index in [9.17, 15) is 24.5 Å².